The summed E-state index contributed by atoms with van der Waals surface area (Å²) in [7, 11) is 0. The average Bonchev–Trinajstić information content (AvgIpc) is 3.20. The minimum Gasteiger partial charge on any atom is -0.478 e. The number of nitrogens with one attached hydrogen (secondary N) is 1. The van der Waals surface area contributed by atoms with Crippen molar-refractivity contribution in [1.82, 2.24) is 9.88 Å². The van der Waals surface area contributed by atoms with Crippen molar-refractivity contribution in [2.24, 2.45) is 5.92 Å². The van der Waals surface area contributed by atoms with Gasteiger partial charge in [-0.15, -0.1) is 0 Å². The molecule has 2 aliphatic rings. The van der Waals surface area contributed by atoms with Gasteiger partial charge in [-0.25, -0.2) is 9.78 Å². The van der Waals surface area contributed by atoms with E-state index < -0.39 is 5.97 Å². The first kappa shape index (κ1) is 17.2. The minimum absolute atomic E-state index is 0.372. The first-order valence-electron chi connectivity index (χ1n) is 8.65. The molecule has 3 rings (SSSR count). The molecule has 1 aliphatic heterocycles. The molecule has 0 spiro atoms. The molecular weight excluding hydrogens is 326 g/mol. The van der Waals surface area contributed by atoms with Crippen molar-refractivity contribution in [3.05, 3.63) is 28.9 Å². The number of carboxylic acid groups (broad SMARTS) is 1. The van der Waals surface area contributed by atoms with E-state index in [1.807, 2.05) is 0 Å². The van der Waals surface area contributed by atoms with Crippen LogP contribution in [0.1, 0.15) is 37.7 Å². The molecule has 0 radical (unpaired) electrons. The molecule has 130 valence electrons. The van der Waals surface area contributed by atoms with E-state index in [0.29, 0.717) is 22.4 Å². The van der Waals surface area contributed by atoms with E-state index in [0.717, 1.165) is 31.5 Å². The second-order valence-corrected chi connectivity index (χ2v) is 7.22. The van der Waals surface area contributed by atoms with Crippen molar-refractivity contribution in [2.75, 3.05) is 25.0 Å². The lowest BCUT2D eigenvalue weighted by Crippen LogP contribution is -2.30. The van der Waals surface area contributed by atoms with Crippen molar-refractivity contribution in [2.45, 2.75) is 38.1 Å². The molecule has 2 fully saturated rings. The number of aromatic nitrogens is 1. The van der Waals surface area contributed by atoms with Crippen LogP contribution < -0.4 is 5.32 Å². The maximum Gasteiger partial charge on any atom is 0.328 e. The van der Waals surface area contributed by atoms with Crippen LogP contribution in [-0.2, 0) is 4.79 Å². The van der Waals surface area contributed by atoms with E-state index >= 15 is 0 Å². The van der Waals surface area contributed by atoms with Crippen LogP contribution in [-0.4, -0.2) is 46.6 Å². The number of pyridine rings is 1. The third-order valence-corrected chi connectivity index (χ3v) is 5.17. The number of anilines is 1. The van der Waals surface area contributed by atoms with Crippen LogP contribution in [0, 0.1) is 5.92 Å². The van der Waals surface area contributed by atoms with E-state index in [-0.39, 0.29) is 0 Å². The van der Waals surface area contributed by atoms with Gasteiger partial charge in [0, 0.05) is 37.9 Å². The summed E-state index contributed by atoms with van der Waals surface area (Å²) in [6.45, 7) is 3.39. The van der Waals surface area contributed by atoms with Gasteiger partial charge in [0.1, 0.15) is 5.82 Å². The van der Waals surface area contributed by atoms with Gasteiger partial charge in [0.25, 0.3) is 0 Å². The molecule has 2 heterocycles. The third kappa shape index (κ3) is 4.71. The number of carbonyl (C=O) groups is 1. The van der Waals surface area contributed by atoms with Crippen LogP contribution in [0.25, 0.3) is 6.08 Å². The highest BCUT2D eigenvalue weighted by Crippen LogP contribution is 2.28. The Morgan fingerprint density at radius 2 is 2.21 bits per heavy atom. The summed E-state index contributed by atoms with van der Waals surface area (Å²) >= 11 is 6.28. The van der Waals surface area contributed by atoms with Gasteiger partial charge in [0.2, 0.25) is 0 Å². The minimum atomic E-state index is -0.985. The Hall–Kier alpha value is -1.59. The smallest absolute Gasteiger partial charge is 0.328 e. The van der Waals surface area contributed by atoms with Gasteiger partial charge in [-0.1, -0.05) is 24.4 Å². The van der Waals surface area contributed by atoms with Gasteiger partial charge in [-0.2, -0.15) is 0 Å². The summed E-state index contributed by atoms with van der Waals surface area (Å²) in [5, 5.41) is 12.6. The molecule has 1 aliphatic carbocycles. The molecule has 1 aromatic rings. The highest BCUT2D eigenvalue weighted by atomic mass is 35.5. The molecule has 1 atom stereocenters. The Balaban J connectivity index is 1.53. The van der Waals surface area contributed by atoms with Crippen molar-refractivity contribution in [1.29, 1.82) is 0 Å². The molecule has 24 heavy (non-hydrogen) atoms. The van der Waals surface area contributed by atoms with Gasteiger partial charge in [-0.3, -0.25) is 0 Å². The summed E-state index contributed by atoms with van der Waals surface area (Å²) < 4.78 is 0. The number of hydrogen-bond donors (Lipinski definition) is 2. The number of rotatable bonds is 6. The zero-order valence-electron chi connectivity index (χ0n) is 13.7. The van der Waals surface area contributed by atoms with Gasteiger partial charge in [0.15, 0.2) is 0 Å². The van der Waals surface area contributed by atoms with Gasteiger partial charge >= 0.3 is 5.97 Å². The van der Waals surface area contributed by atoms with E-state index in [1.165, 1.54) is 38.3 Å². The number of aliphatic carboxylic acids is 1. The Bertz CT molecular complexity index is 614. The highest BCUT2D eigenvalue weighted by Gasteiger charge is 2.26. The summed E-state index contributed by atoms with van der Waals surface area (Å²) in [4.78, 5) is 17.4. The first-order chi connectivity index (χ1) is 11.6. The number of hydrogen-bond acceptors (Lipinski definition) is 4. The van der Waals surface area contributed by atoms with E-state index in [1.54, 1.807) is 12.3 Å². The summed E-state index contributed by atoms with van der Waals surface area (Å²) in [6, 6.07) is 2.11. The van der Waals surface area contributed by atoms with Crippen molar-refractivity contribution in [3.8, 4) is 0 Å². The number of carboxylic acids is 1. The SMILES string of the molecule is O=C(O)/C=C/c1cnc(N[C@@H]2CCN(CC3CCCC3)C2)c(Cl)c1. The summed E-state index contributed by atoms with van der Waals surface area (Å²) in [5.74, 6) is 0.573. The Morgan fingerprint density at radius 3 is 2.92 bits per heavy atom. The molecule has 0 unspecified atom stereocenters. The molecule has 0 aromatic carbocycles. The van der Waals surface area contributed by atoms with E-state index in [2.05, 4.69) is 15.2 Å². The van der Waals surface area contributed by atoms with Gasteiger partial charge in [-0.05, 0) is 42.9 Å². The van der Waals surface area contributed by atoms with Crippen LogP contribution in [0.15, 0.2) is 18.3 Å². The molecule has 0 amide bonds. The lowest BCUT2D eigenvalue weighted by Gasteiger charge is -2.20. The standard InChI is InChI=1S/C18H24ClN3O2/c19-16-9-14(5-6-17(23)24)10-20-18(16)21-15-7-8-22(12-15)11-13-3-1-2-4-13/h5-6,9-10,13,15H,1-4,7-8,11-12H2,(H,20,21)(H,23,24)/b6-5+/t15-/m1/s1. The maximum absolute atomic E-state index is 10.6. The number of halogens is 1. The molecule has 5 nitrogen and oxygen atoms in total. The van der Waals surface area contributed by atoms with Crippen molar-refractivity contribution in [3.63, 3.8) is 0 Å². The molecule has 6 heteroatoms. The van der Waals surface area contributed by atoms with E-state index in [9.17, 15) is 4.79 Å². The maximum atomic E-state index is 10.6. The van der Waals surface area contributed by atoms with Crippen LogP contribution >= 0.6 is 11.6 Å². The molecule has 2 N–H and O–H groups in total. The fraction of sp³-hybridized carbons (Fsp3) is 0.556. The number of likely N-dealkylation sites (tertiary alicyclic amines) is 1. The van der Waals surface area contributed by atoms with Crippen LogP contribution in [0.4, 0.5) is 5.82 Å². The molecule has 1 aromatic heterocycles. The Labute approximate surface area is 147 Å². The Kier molecular flexibility index (Phi) is 5.74. The van der Waals surface area contributed by atoms with Gasteiger partial charge in [0.05, 0.1) is 5.02 Å². The van der Waals surface area contributed by atoms with Crippen LogP contribution in [0.3, 0.4) is 0 Å². The van der Waals surface area contributed by atoms with Crippen molar-refractivity contribution < 1.29 is 9.90 Å². The van der Waals surface area contributed by atoms with Crippen LogP contribution in [0.5, 0.6) is 0 Å². The van der Waals surface area contributed by atoms with Crippen LogP contribution in [0.2, 0.25) is 5.02 Å². The van der Waals surface area contributed by atoms with Gasteiger partial charge < -0.3 is 15.3 Å². The molecule has 0 bridgehead atoms. The second-order valence-electron chi connectivity index (χ2n) is 6.81. The second kappa shape index (κ2) is 7.99. The van der Waals surface area contributed by atoms with E-state index in [4.69, 9.17) is 16.7 Å². The third-order valence-electron chi connectivity index (χ3n) is 4.89. The fourth-order valence-electron chi connectivity index (χ4n) is 3.69. The predicted octanol–water partition coefficient (Wildman–Crippen LogP) is 3.51. The monoisotopic (exact) mass is 349 g/mol. The lowest BCUT2D eigenvalue weighted by molar-refractivity contribution is -0.131. The summed E-state index contributed by atoms with van der Waals surface area (Å²) in [5.41, 5.74) is 0.683. The first-order valence-corrected chi connectivity index (χ1v) is 9.03. The average molecular weight is 350 g/mol. The lowest BCUT2D eigenvalue weighted by atomic mass is 10.1. The fourth-order valence-corrected chi connectivity index (χ4v) is 3.91. The number of nitrogens with zero attached hydrogens (tertiary/aromatic N) is 2. The molecular formula is C18H24ClN3O2. The topological polar surface area (TPSA) is 65.5 Å². The normalized spacial score (nSPS) is 22.5. The Morgan fingerprint density at radius 1 is 1.42 bits per heavy atom. The summed E-state index contributed by atoms with van der Waals surface area (Å²) in [6.07, 6.45) is 10.9. The van der Waals surface area contributed by atoms with Crippen molar-refractivity contribution >= 4 is 29.5 Å². The highest BCUT2D eigenvalue weighted by molar-refractivity contribution is 6.33. The quantitative estimate of drug-likeness (QED) is 0.769. The zero-order chi connectivity index (χ0) is 16.9. The molecule has 1 saturated carbocycles. The molecule has 1 saturated heterocycles. The largest absolute Gasteiger partial charge is 0.478 e. The predicted molar refractivity (Wildman–Crippen MR) is 96.3 cm³/mol. The zero-order valence-corrected chi connectivity index (χ0v) is 14.5.